The van der Waals surface area contributed by atoms with Crippen molar-refractivity contribution in [3.05, 3.63) is 29.8 Å². The largest absolute Gasteiger partial charge is 0.496 e. The number of nitrogens with zero attached hydrogens (tertiary/aromatic N) is 1. The number of rotatable bonds is 3. The second kappa shape index (κ2) is 5.21. The Bertz CT molecular complexity index is 475. The van der Waals surface area contributed by atoms with Crippen LogP contribution in [0.1, 0.15) is 12.0 Å². The fraction of sp³-hybridized carbons (Fsp3) is 0.533. The number of methoxy groups -OCH3 is 1. The fourth-order valence-corrected chi connectivity index (χ4v) is 3.27. The van der Waals surface area contributed by atoms with Gasteiger partial charge in [-0.05, 0) is 18.4 Å². The van der Waals surface area contributed by atoms with Crippen molar-refractivity contribution in [3.8, 4) is 5.75 Å². The third-order valence-electron chi connectivity index (χ3n) is 4.30. The number of hydrogen-bond donors (Lipinski definition) is 1. The van der Waals surface area contributed by atoms with Gasteiger partial charge in [0.05, 0.1) is 13.5 Å². The molecule has 102 valence electrons. The SMILES string of the molecule is COc1ccccc1CC(=O)N1CC[C@H]2CNC[C@H]21. The van der Waals surface area contributed by atoms with E-state index < -0.39 is 0 Å². The topological polar surface area (TPSA) is 41.6 Å². The maximum absolute atomic E-state index is 12.5. The second-order valence-electron chi connectivity index (χ2n) is 5.35. The van der Waals surface area contributed by atoms with Gasteiger partial charge in [0.1, 0.15) is 5.75 Å². The summed E-state index contributed by atoms with van der Waals surface area (Å²) in [5, 5.41) is 3.38. The van der Waals surface area contributed by atoms with Gasteiger partial charge < -0.3 is 15.0 Å². The maximum Gasteiger partial charge on any atom is 0.227 e. The average Bonchev–Trinajstić information content (AvgIpc) is 3.01. The Morgan fingerprint density at radius 2 is 2.26 bits per heavy atom. The zero-order chi connectivity index (χ0) is 13.2. The molecule has 19 heavy (non-hydrogen) atoms. The van der Waals surface area contributed by atoms with E-state index in [2.05, 4.69) is 10.2 Å². The van der Waals surface area contributed by atoms with Crippen LogP contribution in [0.4, 0.5) is 0 Å². The minimum Gasteiger partial charge on any atom is -0.496 e. The smallest absolute Gasteiger partial charge is 0.227 e. The van der Waals surface area contributed by atoms with Gasteiger partial charge >= 0.3 is 0 Å². The minimum atomic E-state index is 0.223. The maximum atomic E-state index is 12.5. The van der Waals surface area contributed by atoms with Crippen LogP contribution in [-0.2, 0) is 11.2 Å². The third-order valence-corrected chi connectivity index (χ3v) is 4.30. The predicted octanol–water partition coefficient (Wildman–Crippen LogP) is 1.06. The van der Waals surface area contributed by atoms with Crippen molar-refractivity contribution in [2.75, 3.05) is 26.7 Å². The number of benzene rings is 1. The molecule has 2 fully saturated rings. The molecule has 1 N–H and O–H groups in total. The summed E-state index contributed by atoms with van der Waals surface area (Å²) < 4.78 is 5.31. The van der Waals surface area contributed by atoms with Crippen molar-refractivity contribution >= 4 is 5.91 Å². The summed E-state index contributed by atoms with van der Waals surface area (Å²) in [6.07, 6.45) is 1.57. The summed E-state index contributed by atoms with van der Waals surface area (Å²) in [5.41, 5.74) is 0.976. The Labute approximate surface area is 113 Å². The van der Waals surface area contributed by atoms with E-state index in [1.165, 1.54) is 0 Å². The Kier molecular flexibility index (Phi) is 3.42. The molecule has 2 heterocycles. The summed E-state index contributed by atoms with van der Waals surface area (Å²) in [5.74, 6) is 1.68. The number of amides is 1. The number of carbonyl (C=O) groups excluding carboxylic acids is 1. The van der Waals surface area contributed by atoms with Gasteiger partial charge in [-0.15, -0.1) is 0 Å². The van der Waals surface area contributed by atoms with Crippen LogP contribution in [0.15, 0.2) is 24.3 Å². The van der Waals surface area contributed by atoms with Crippen LogP contribution < -0.4 is 10.1 Å². The van der Waals surface area contributed by atoms with E-state index in [4.69, 9.17) is 4.74 Å². The van der Waals surface area contributed by atoms with Crippen LogP contribution in [0, 0.1) is 5.92 Å². The molecule has 1 aromatic rings. The van der Waals surface area contributed by atoms with Crippen molar-refractivity contribution < 1.29 is 9.53 Å². The van der Waals surface area contributed by atoms with Crippen molar-refractivity contribution in [1.29, 1.82) is 0 Å². The zero-order valence-corrected chi connectivity index (χ0v) is 11.3. The molecule has 4 heteroatoms. The lowest BCUT2D eigenvalue weighted by molar-refractivity contribution is -0.131. The molecule has 0 saturated carbocycles. The van der Waals surface area contributed by atoms with Crippen LogP contribution in [0.2, 0.25) is 0 Å². The van der Waals surface area contributed by atoms with Crippen LogP contribution in [0.3, 0.4) is 0 Å². The summed E-state index contributed by atoms with van der Waals surface area (Å²) >= 11 is 0. The lowest BCUT2D eigenvalue weighted by Gasteiger charge is -2.23. The molecule has 1 aromatic carbocycles. The van der Waals surface area contributed by atoms with Crippen LogP contribution in [0.25, 0.3) is 0 Å². The number of nitrogens with one attached hydrogen (secondary N) is 1. The molecule has 1 amide bonds. The average molecular weight is 260 g/mol. The highest BCUT2D eigenvalue weighted by atomic mass is 16.5. The van der Waals surface area contributed by atoms with Crippen LogP contribution in [-0.4, -0.2) is 43.6 Å². The summed E-state index contributed by atoms with van der Waals surface area (Å²) in [4.78, 5) is 14.5. The molecular weight excluding hydrogens is 240 g/mol. The molecule has 0 aromatic heterocycles. The van der Waals surface area contributed by atoms with Gasteiger partial charge in [0.25, 0.3) is 0 Å². The lowest BCUT2D eigenvalue weighted by atomic mass is 10.0. The monoisotopic (exact) mass is 260 g/mol. The minimum absolute atomic E-state index is 0.223. The number of likely N-dealkylation sites (tertiary alicyclic amines) is 1. The molecule has 0 bridgehead atoms. The normalized spacial score (nSPS) is 25.4. The molecule has 0 spiro atoms. The number of ether oxygens (including phenoxy) is 1. The van der Waals surface area contributed by atoms with Crippen LogP contribution in [0.5, 0.6) is 5.75 Å². The number of fused-ring (bicyclic) bond motifs is 1. The van der Waals surface area contributed by atoms with Gasteiger partial charge in [-0.3, -0.25) is 4.79 Å². The summed E-state index contributed by atoms with van der Waals surface area (Å²) in [6, 6.07) is 8.17. The van der Waals surface area contributed by atoms with E-state index in [1.807, 2.05) is 24.3 Å². The molecule has 0 radical (unpaired) electrons. The first-order valence-electron chi connectivity index (χ1n) is 6.91. The molecule has 0 aliphatic carbocycles. The molecule has 3 rings (SSSR count). The van der Waals surface area contributed by atoms with E-state index in [0.29, 0.717) is 18.4 Å². The molecule has 2 atom stereocenters. The molecule has 2 aliphatic heterocycles. The Morgan fingerprint density at radius 1 is 1.42 bits per heavy atom. The number of para-hydroxylation sites is 1. The van der Waals surface area contributed by atoms with Crippen LogP contribution >= 0.6 is 0 Å². The van der Waals surface area contributed by atoms with Gasteiger partial charge in [0.2, 0.25) is 5.91 Å². The standard InChI is InChI=1S/C15H20N2O2/c1-19-14-5-3-2-4-11(14)8-15(18)17-7-6-12-9-16-10-13(12)17/h2-5,12-13,16H,6-10H2,1H3/t12-,13+/m0/s1. The third kappa shape index (κ3) is 2.32. The van der Waals surface area contributed by atoms with Gasteiger partial charge in [0.15, 0.2) is 0 Å². The Hall–Kier alpha value is -1.55. The molecule has 2 saturated heterocycles. The van der Waals surface area contributed by atoms with Gasteiger partial charge in [0, 0.05) is 31.2 Å². The van der Waals surface area contributed by atoms with E-state index in [1.54, 1.807) is 7.11 Å². The Morgan fingerprint density at radius 3 is 3.11 bits per heavy atom. The predicted molar refractivity (Wildman–Crippen MR) is 73.2 cm³/mol. The summed E-state index contributed by atoms with van der Waals surface area (Å²) in [7, 11) is 1.65. The molecule has 4 nitrogen and oxygen atoms in total. The van der Waals surface area contributed by atoms with Crippen molar-refractivity contribution in [3.63, 3.8) is 0 Å². The van der Waals surface area contributed by atoms with E-state index >= 15 is 0 Å². The molecular formula is C15H20N2O2. The van der Waals surface area contributed by atoms with E-state index in [-0.39, 0.29) is 5.91 Å². The van der Waals surface area contributed by atoms with Gasteiger partial charge in [-0.1, -0.05) is 18.2 Å². The second-order valence-corrected chi connectivity index (χ2v) is 5.35. The lowest BCUT2D eigenvalue weighted by Crippen LogP contribution is -2.39. The summed E-state index contributed by atoms with van der Waals surface area (Å²) in [6.45, 7) is 2.91. The van der Waals surface area contributed by atoms with Gasteiger partial charge in [-0.25, -0.2) is 0 Å². The van der Waals surface area contributed by atoms with Crippen molar-refractivity contribution in [1.82, 2.24) is 10.2 Å². The number of hydrogen-bond acceptors (Lipinski definition) is 3. The van der Waals surface area contributed by atoms with Crippen molar-refractivity contribution in [2.45, 2.75) is 18.9 Å². The molecule has 0 unspecified atom stereocenters. The van der Waals surface area contributed by atoms with Crippen molar-refractivity contribution in [2.24, 2.45) is 5.92 Å². The fourth-order valence-electron chi connectivity index (χ4n) is 3.27. The van der Waals surface area contributed by atoms with E-state index in [9.17, 15) is 4.79 Å². The van der Waals surface area contributed by atoms with E-state index in [0.717, 1.165) is 37.4 Å². The zero-order valence-electron chi connectivity index (χ0n) is 11.3. The Balaban J connectivity index is 1.71. The number of carbonyl (C=O) groups is 1. The highest BCUT2D eigenvalue weighted by molar-refractivity contribution is 5.80. The highest BCUT2D eigenvalue weighted by Gasteiger charge is 2.39. The first-order chi connectivity index (χ1) is 9.29. The first-order valence-corrected chi connectivity index (χ1v) is 6.91. The molecule has 2 aliphatic rings. The first kappa shape index (κ1) is 12.5. The van der Waals surface area contributed by atoms with Gasteiger partial charge in [-0.2, -0.15) is 0 Å². The quantitative estimate of drug-likeness (QED) is 0.883. The highest BCUT2D eigenvalue weighted by Crippen LogP contribution is 2.28.